The number of likely N-dealkylation sites (tertiary alicyclic amines) is 1. The van der Waals surface area contributed by atoms with Gasteiger partial charge in [-0.25, -0.2) is 19.9 Å². The highest BCUT2D eigenvalue weighted by Crippen LogP contribution is 2.36. The highest BCUT2D eigenvalue weighted by molar-refractivity contribution is 14.1. The molecule has 1 saturated heterocycles. The van der Waals surface area contributed by atoms with Gasteiger partial charge in [0.1, 0.15) is 29.9 Å². The van der Waals surface area contributed by atoms with Crippen LogP contribution in [0.15, 0.2) is 36.8 Å². The number of halogens is 4. The van der Waals surface area contributed by atoms with Crippen molar-refractivity contribution in [3.8, 4) is 11.3 Å². The second-order valence-corrected chi connectivity index (χ2v) is 12.3. The van der Waals surface area contributed by atoms with E-state index in [0.29, 0.717) is 39.1 Å². The Bertz CT molecular complexity index is 1810. The van der Waals surface area contributed by atoms with Gasteiger partial charge in [-0.15, -0.1) is 0 Å². The maximum atomic E-state index is 13.9. The third kappa shape index (κ3) is 6.40. The molecule has 3 atom stereocenters. The lowest BCUT2D eigenvalue weighted by molar-refractivity contribution is -0.141. The molecule has 2 amide bonds. The van der Waals surface area contributed by atoms with E-state index in [-0.39, 0.29) is 36.2 Å². The van der Waals surface area contributed by atoms with Crippen LogP contribution in [0.25, 0.3) is 22.2 Å². The zero-order valence-electron chi connectivity index (χ0n) is 24.7. The van der Waals surface area contributed by atoms with Crippen LogP contribution in [0, 0.1) is 19.8 Å². The van der Waals surface area contributed by atoms with E-state index in [1.807, 2.05) is 6.92 Å². The van der Waals surface area contributed by atoms with Crippen LogP contribution in [0.3, 0.4) is 0 Å². The summed E-state index contributed by atoms with van der Waals surface area (Å²) in [6, 6.07) is 2.76. The number of hydrogen-bond acceptors (Lipinski definition) is 8. The van der Waals surface area contributed by atoms with Crippen LogP contribution in [0.4, 0.5) is 19.0 Å². The Morgan fingerprint density at radius 3 is 2.44 bits per heavy atom. The topological polar surface area (TPSA) is 143 Å². The van der Waals surface area contributed by atoms with E-state index >= 15 is 0 Å². The van der Waals surface area contributed by atoms with Gasteiger partial charge in [-0.05, 0) is 50.8 Å². The fourth-order valence-electron chi connectivity index (χ4n) is 5.40. The van der Waals surface area contributed by atoms with E-state index in [1.54, 1.807) is 25.4 Å². The Kier molecular flexibility index (Phi) is 8.95. The Morgan fingerprint density at radius 1 is 1.13 bits per heavy atom. The number of carbonyl (C=O) groups excluding carboxylic acids is 3. The summed E-state index contributed by atoms with van der Waals surface area (Å²) in [4.78, 5) is 58.0. The molecule has 1 fully saturated rings. The average Bonchev–Trinajstić information content (AvgIpc) is 3.50. The summed E-state index contributed by atoms with van der Waals surface area (Å²) in [5.74, 6) is -1.16. The number of Topliss-reactive ketones (excluding diaryl/α,β-unsaturated/α-hetero) is 1. The van der Waals surface area contributed by atoms with E-state index in [2.05, 4.69) is 47.8 Å². The molecule has 1 aliphatic rings. The number of carbonyl (C=O) groups is 3. The molecule has 15 heteroatoms. The van der Waals surface area contributed by atoms with Crippen LogP contribution in [0.5, 0.6) is 0 Å². The molecular weight excluding hydrogens is 706 g/mol. The first-order chi connectivity index (χ1) is 21.2. The number of aromatic nitrogens is 5. The third-order valence-corrected chi connectivity index (χ3v) is 9.55. The first kappa shape index (κ1) is 32.4. The van der Waals surface area contributed by atoms with Gasteiger partial charge in [-0.1, -0.05) is 35.6 Å². The van der Waals surface area contributed by atoms with Gasteiger partial charge in [-0.3, -0.25) is 14.4 Å². The van der Waals surface area contributed by atoms with Crippen molar-refractivity contribution in [1.82, 2.24) is 29.4 Å². The van der Waals surface area contributed by atoms with Gasteiger partial charge in [-0.2, -0.15) is 13.2 Å². The number of rotatable bonds is 7. The minimum atomic E-state index is -4.69. The number of aliphatic hydroxyl groups excluding tert-OH is 1. The normalized spacial score (nSPS) is 18.4. The monoisotopic (exact) mass is 735 g/mol. The standard InChI is InChI=1S/C30H29F3IN7O4/c1-14-5-6-24(30(31,32)33)38-28(14)39-29(45)23-7-15(2)27(34)41(23)25(44)12-40-11-20(16(3)43)19-8-21(37-22(13-42)26(19)40)18-9-35-17(4)36-10-18/h5-6,8-11,15,23,27,42H,7,12-13H2,1-4H3,(H,38,39,45)/t15-,23-,27-/m0/s1. The molecule has 0 unspecified atom stereocenters. The minimum absolute atomic E-state index is 0.107. The van der Waals surface area contributed by atoms with E-state index in [4.69, 9.17) is 0 Å². The number of nitrogens with one attached hydrogen (secondary N) is 1. The van der Waals surface area contributed by atoms with E-state index in [0.717, 1.165) is 6.07 Å². The predicted molar refractivity (Wildman–Crippen MR) is 166 cm³/mol. The number of anilines is 1. The second-order valence-electron chi connectivity index (χ2n) is 11.0. The highest BCUT2D eigenvalue weighted by atomic mass is 127. The molecule has 1 aliphatic heterocycles. The number of aliphatic hydroxyl groups is 1. The number of nitrogens with zero attached hydrogens (tertiary/aromatic N) is 6. The molecule has 236 valence electrons. The van der Waals surface area contributed by atoms with E-state index in [9.17, 15) is 32.7 Å². The smallest absolute Gasteiger partial charge is 0.390 e. The van der Waals surface area contributed by atoms with E-state index in [1.165, 1.54) is 35.6 Å². The summed E-state index contributed by atoms with van der Waals surface area (Å²) < 4.78 is 41.0. The maximum Gasteiger partial charge on any atom is 0.433 e. The van der Waals surface area contributed by atoms with Crippen LogP contribution in [-0.2, 0) is 28.9 Å². The molecule has 45 heavy (non-hydrogen) atoms. The Morgan fingerprint density at radius 2 is 1.82 bits per heavy atom. The lowest BCUT2D eigenvalue weighted by atomic mass is 10.1. The molecule has 0 spiro atoms. The molecule has 4 aromatic heterocycles. The minimum Gasteiger partial charge on any atom is -0.390 e. The zero-order valence-corrected chi connectivity index (χ0v) is 26.8. The lowest BCUT2D eigenvalue weighted by Crippen LogP contribution is -2.46. The van der Waals surface area contributed by atoms with Crippen molar-refractivity contribution >= 4 is 56.9 Å². The predicted octanol–water partition coefficient (Wildman–Crippen LogP) is 4.86. The van der Waals surface area contributed by atoms with Gasteiger partial charge in [0, 0.05) is 35.1 Å². The van der Waals surface area contributed by atoms with Crippen LogP contribution in [0.2, 0.25) is 0 Å². The number of fused-ring (bicyclic) bond motifs is 1. The SMILES string of the molecule is CC(=O)c1cn(CC(=O)N2[C@H](I)[C@@H](C)C[C@H]2C(=O)Nc2nc(C(F)(F)F)ccc2C)c2c(CO)nc(-c3cnc(C)nc3)cc12. The maximum absolute atomic E-state index is 13.9. The molecule has 2 N–H and O–H groups in total. The summed E-state index contributed by atoms with van der Waals surface area (Å²) in [6.07, 6.45) is 0.276. The summed E-state index contributed by atoms with van der Waals surface area (Å²) in [7, 11) is 0. The molecular formula is C30H29F3IN7O4. The number of amides is 2. The van der Waals surface area contributed by atoms with Gasteiger partial charge in [0.25, 0.3) is 0 Å². The van der Waals surface area contributed by atoms with Gasteiger partial charge in [0.05, 0.1) is 27.6 Å². The van der Waals surface area contributed by atoms with Gasteiger partial charge in [0.15, 0.2) is 5.78 Å². The Hall–Kier alpha value is -3.99. The number of pyridine rings is 2. The van der Waals surface area contributed by atoms with Gasteiger partial charge in [0.2, 0.25) is 11.8 Å². The van der Waals surface area contributed by atoms with Crippen molar-refractivity contribution in [2.45, 2.75) is 63.5 Å². The summed E-state index contributed by atoms with van der Waals surface area (Å²) in [5.41, 5.74) is 1.13. The zero-order chi connectivity index (χ0) is 32.8. The van der Waals surface area contributed by atoms with Crippen LogP contribution < -0.4 is 5.32 Å². The molecule has 0 saturated carbocycles. The van der Waals surface area contributed by atoms with Gasteiger partial charge >= 0.3 is 6.18 Å². The molecule has 4 aromatic rings. The molecule has 11 nitrogen and oxygen atoms in total. The Labute approximate surface area is 269 Å². The molecule has 0 aromatic carbocycles. The molecule has 5 heterocycles. The van der Waals surface area contributed by atoms with Crippen LogP contribution >= 0.6 is 22.6 Å². The van der Waals surface area contributed by atoms with Crippen molar-refractivity contribution in [2.75, 3.05) is 5.32 Å². The van der Waals surface area contributed by atoms with Crippen LogP contribution in [0.1, 0.15) is 53.4 Å². The van der Waals surface area contributed by atoms with Crippen molar-refractivity contribution in [1.29, 1.82) is 0 Å². The molecule has 0 aliphatic carbocycles. The summed E-state index contributed by atoms with van der Waals surface area (Å²) >= 11 is 2.07. The average molecular weight is 736 g/mol. The largest absolute Gasteiger partial charge is 0.433 e. The van der Waals surface area contributed by atoms with Crippen molar-refractivity contribution in [3.63, 3.8) is 0 Å². The van der Waals surface area contributed by atoms with Crippen molar-refractivity contribution in [2.24, 2.45) is 5.92 Å². The summed E-state index contributed by atoms with van der Waals surface area (Å²) in [5, 5.41) is 13.2. The van der Waals surface area contributed by atoms with Crippen molar-refractivity contribution < 1.29 is 32.7 Å². The van der Waals surface area contributed by atoms with Crippen LogP contribution in [-0.4, -0.2) is 62.2 Å². The summed E-state index contributed by atoms with van der Waals surface area (Å²) in [6.45, 7) is 5.75. The molecule has 0 radical (unpaired) electrons. The fraction of sp³-hybridized carbons (Fsp3) is 0.367. The van der Waals surface area contributed by atoms with Gasteiger partial charge < -0.3 is 19.9 Å². The Balaban J connectivity index is 1.48. The second kappa shape index (κ2) is 12.4. The fourth-order valence-corrected chi connectivity index (χ4v) is 6.40. The first-order valence-electron chi connectivity index (χ1n) is 13.9. The number of ketones is 1. The van der Waals surface area contributed by atoms with Crippen molar-refractivity contribution in [3.05, 3.63) is 65.1 Å². The first-order valence-corrected chi connectivity index (χ1v) is 15.2. The molecule has 0 bridgehead atoms. The highest BCUT2D eigenvalue weighted by Gasteiger charge is 2.44. The number of hydrogen-bond donors (Lipinski definition) is 2. The number of aryl methyl sites for hydroxylation is 2. The third-order valence-electron chi connectivity index (χ3n) is 7.72. The lowest BCUT2D eigenvalue weighted by Gasteiger charge is -2.28. The van der Waals surface area contributed by atoms with E-state index < -0.39 is 40.4 Å². The quantitative estimate of drug-likeness (QED) is 0.119. The number of alkyl halides is 4. The molecule has 5 rings (SSSR count).